The summed E-state index contributed by atoms with van der Waals surface area (Å²) in [5.74, 6) is 0.886. The highest BCUT2D eigenvalue weighted by Gasteiger charge is 2.06. The number of rotatable bonds is 6. The number of pyridine rings is 1. The second kappa shape index (κ2) is 7.31. The van der Waals surface area contributed by atoms with E-state index < -0.39 is 0 Å². The first-order valence-corrected chi connectivity index (χ1v) is 7.65. The van der Waals surface area contributed by atoms with Crippen LogP contribution in [-0.2, 0) is 6.42 Å². The fraction of sp³-hybridized carbons (Fsp3) is 0.312. The fourth-order valence-electron chi connectivity index (χ4n) is 1.94. The first-order chi connectivity index (χ1) is 9.29. The summed E-state index contributed by atoms with van der Waals surface area (Å²) in [6.07, 6.45) is 5.95. The lowest BCUT2D eigenvalue weighted by Gasteiger charge is -2.12. The van der Waals surface area contributed by atoms with Crippen LogP contribution in [0.1, 0.15) is 30.5 Å². The normalized spacial score (nSPS) is 12.3. The Kier molecular flexibility index (Phi) is 5.43. The molecule has 2 rings (SSSR count). The van der Waals surface area contributed by atoms with Crippen LogP contribution in [0.2, 0.25) is 0 Å². The third-order valence-electron chi connectivity index (χ3n) is 3.03. The Morgan fingerprint density at radius 2 is 1.79 bits per heavy atom. The highest BCUT2D eigenvalue weighted by molar-refractivity contribution is 7.99. The summed E-state index contributed by atoms with van der Waals surface area (Å²) in [5.41, 5.74) is 8.83. The van der Waals surface area contributed by atoms with Crippen molar-refractivity contribution in [2.75, 3.05) is 5.75 Å². The third-order valence-corrected chi connectivity index (χ3v) is 4.16. The molecule has 2 aromatic rings. The van der Waals surface area contributed by atoms with Crippen molar-refractivity contribution in [1.29, 1.82) is 0 Å². The van der Waals surface area contributed by atoms with Gasteiger partial charge in [-0.3, -0.25) is 4.98 Å². The first-order valence-electron chi connectivity index (χ1n) is 6.67. The van der Waals surface area contributed by atoms with Gasteiger partial charge < -0.3 is 5.73 Å². The van der Waals surface area contributed by atoms with Crippen LogP contribution >= 0.6 is 11.8 Å². The van der Waals surface area contributed by atoms with E-state index in [0.29, 0.717) is 0 Å². The number of hydrogen-bond donors (Lipinski definition) is 1. The van der Waals surface area contributed by atoms with Crippen molar-refractivity contribution in [2.45, 2.75) is 30.7 Å². The molecule has 3 heteroatoms. The van der Waals surface area contributed by atoms with E-state index in [1.165, 1.54) is 22.4 Å². The predicted molar refractivity (Wildman–Crippen MR) is 82.3 cm³/mol. The van der Waals surface area contributed by atoms with Gasteiger partial charge in [0.2, 0.25) is 0 Å². The molecule has 0 aliphatic carbocycles. The molecule has 0 saturated carbocycles. The van der Waals surface area contributed by atoms with E-state index in [2.05, 4.69) is 36.2 Å². The summed E-state index contributed by atoms with van der Waals surface area (Å²) in [7, 11) is 0. The van der Waals surface area contributed by atoms with Gasteiger partial charge in [-0.15, -0.1) is 11.8 Å². The topological polar surface area (TPSA) is 38.9 Å². The zero-order chi connectivity index (χ0) is 13.5. The molecule has 0 saturated heterocycles. The molecule has 2 nitrogen and oxygen atoms in total. The minimum Gasteiger partial charge on any atom is -0.323 e. The monoisotopic (exact) mass is 272 g/mol. The second-order valence-corrected chi connectivity index (χ2v) is 5.69. The molecular formula is C16H20N2S. The number of hydrogen-bond acceptors (Lipinski definition) is 3. The smallest absolute Gasteiger partial charge is 0.0390 e. The number of aryl methyl sites for hydroxylation is 1. The Bertz CT molecular complexity index is 482. The Labute approximate surface area is 119 Å². The Morgan fingerprint density at radius 1 is 1.11 bits per heavy atom. The van der Waals surface area contributed by atoms with E-state index in [1.807, 2.05) is 24.5 Å². The molecule has 2 N–H and O–H groups in total. The van der Waals surface area contributed by atoms with Crippen LogP contribution in [0, 0.1) is 0 Å². The summed E-state index contributed by atoms with van der Waals surface area (Å²) in [5, 5.41) is 0. The number of aromatic nitrogens is 1. The van der Waals surface area contributed by atoms with Crippen LogP contribution in [0.3, 0.4) is 0 Å². The summed E-state index contributed by atoms with van der Waals surface area (Å²) >= 11 is 1.77. The summed E-state index contributed by atoms with van der Waals surface area (Å²) in [6, 6.07) is 12.8. The maximum absolute atomic E-state index is 6.23. The molecule has 0 spiro atoms. The van der Waals surface area contributed by atoms with Gasteiger partial charge in [-0.1, -0.05) is 37.6 Å². The standard InChI is InChI=1S/C16H20N2S/c1-2-3-13-4-6-14(7-5-13)16(17)12-19-15-8-10-18-11-9-15/h4-11,16H,2-3,12,17H2,1H3. The van der Waals surface area contributed by atoms with E-state index >= 15 is 0 Å². The molecule has 0 fully saturated rings. The van der Waals surface area contributed by atoms with Crippen molar-refractivity contribution in [3.05, 3.63) is 59.9 Å². The van der Waals surface area contributed by atoms with Crippen molar-refractivity contribution in [1.82, 2.24) is 4.98 Å². The van der Waals surface area contributed by atoms with Crippen LogP contribution in [0.25, 0.3) is 0 Å². The highest BCUT2D eigenvalue weighted by atomic mass is 32.2. The number of thioether (sulfide) groups is 1. The number of nitrogens with two attached hydrogens (primary N) is 1. The maximum atomic E-state index is 6.23. The SMILES string of the molecule is CCCc1ccc(C(N)CSc2ccncc2)cc1. The third kappa shape index (κ3) is 4.37. The molecule has 0 amide bonds. The largest absolute Gasteiger partial charge is 0.323 e. The van der Waals surface area contributed by atoms with Gasteiger partial charge in [0.15, 0.2) is 0 Å². The van der Waals surface area contributed by atoms with Gasteiger partial charge in [0.05, 0.1) is 0 Å². The molecular weight excluding hydrogens is 252 g/mol. The maximum Gasteiger partial charge on any atom is 0.0390 e. The molecule has 1 heterocycles. The minimum atomic E-state index is 0.0776. The number of benzene rings is 1. The van der Waals surface area contributed by atoms with Gasteiger partial charge in [0.1, 0.15) is 0 Å². The molecule has 100 valence electrons. The minimum absolute atomic E-state index is 0.0776. The van der Waals surface area contributed by atoms with Gasteiger partial charge in [-0.2, -0.15) is 0 Å². The van der Waals surface area contributed by atoms with E-state index in [-0.39, 0.29) is 6.04 Å². The molecule has 1 unspecified atom stereocenters. The lowest BCUT2D eigenvalue weighted by Crippen LogP contribution is -2.12. The molecule has 1 aromatic heterocycles. The molecule has 0 bridgehead atoms. The van der Waals surface area contributed by atoms with Gasteiger partial charge >= 0.3 is 0 Å². The molecule has 0 radical (unpaired) electrons. The molecule has 1 aromatic carbocycles. The van der Waals surface area contributed by atoms with Gasteiger partial charge in [-0.05, 0) is 29.7 Å². The van der Waals surface area contributed by atoms with E-state index in [9.17, 15) is 0 Å². The Morgan fingerprint density at radius 3 is 2.42 bits per heavy atom. The van der Waals surface area contributed by atoms with Crippen molar-refractivity contribution in [2.24, 2.45) is 5.73 Å². The van der Waals surface area contributed by atoms with Crippen LogP contribution in [0.4, 0.5) is 0 Å². The second-order valence-electron chi connectivity index (χ2n) is 4.59. The predicted octanol–water partition coefficient (Wildman–Crippen LogP) is 3.83. The summed E-state index contributed by atoms with van der Waals surface area (Å²) in [6.45, 7) is 2.20. The molecule has 0 aliphatic rings. The van der Waals surface area contributed by atoms with E-state index in [1.54, 1.807) is 11.8 Å². The van der Waals surface area contributed by atoms with Gasteiger partial charge in [0.25, 0.3) is 0 Å². The van der Waals surface area contributed by atoms with E-state index in [4.69, 9.17) is 5.73 Å². The van der Waals surface area contributed by atoms with Gasteiger partial charge in [-0.25, -0.2) is 0 Å². The number of nitrogens with zero attached hydrogens (tertiary/aromatic N) is 1. The van der Waals surface area contributed by atoms with Crippen molar-refractivity contribution in [3.63, 3.8) is 0 Å². The lowest BCUT2D eigenvalue weighted by molar-refractivity contribution is 0.828. The summed E-state index contributed by atoms with van der Waals surface area (Å²) in [4.78, 5) is 5.23. The summed E-state index contributed by atoms with van der Waals surface area (Å²) < 4.78 is 0. The molecule has 19 heavy (non-hydrogen) atoms. The van der Waals surface area contributed by atoms with Crippen molar-refractivity contribution < 1.29 is 0 Å². The fourth-order valence-corrected chi connectivity index (χ4v) is 2.82. The average molecular weight is 272 g/mol. The van der Waals surface area contributed by atoms with Crippen LogP contribution in [0.15, 0.2) is 53.7 Å². The quantitative estimate of drug-likeness (QED) is 0.812. The highest BCUT2D eigenvalue weighted by Crippen LogP contribution is 2.23. The van der Waals surface area contributed by atoms with Gasteiger partial charge in [0, 0.05) is 29.1 Å². The van der Waals surface area contributed by atoms with Crippen molar-refractivity contribution in [3.8, 4) is 0 Å². The Balaban J connectivity index is 1.90. The Hall–Kier alpha value is -1.32. The van der Waals surface area contributed by atoms with E-state index in [0.717, 1.165) is 12.2 Å². The zero-order valence-corrected chi connectivity index (χ0v) is 12.1. The average Bonchev–Trinajstić information content (AvgIpc) is 2.47. The van der Waals surface area contributed by atoms with Crippen molar-refractivity contribution >= 4 is 11.8 Å². The van der Waals surface area contributed by atoms with Crippen LogP contribution < -0.4 is 5.73 Å². The lowest BCUT2D eigenvalue weighted by atomic mass is 10.0. The zero-order valence-electron chi connectivity index (χ0n) is 11.3. The van der Waals surface area contributed by atoms with Crippen LogP contribution in [0.5, 0.6) is 0 Å². The first kappa shape index (κ1) is 14.1. The molecule has 0 aliphatic heterocycles. The van der Waals surface area contributed by atoms with Crippen LogP contribution in [-0.4, -0.2) is 10.7 Å². The molecule has 1 atom stereocenters.